The van der Waals surface area contributed by atoms with Crippen LogP contribution in [0.25, 0.3) is 6.08 Å². The number of imidazole rings is 1. The first-order valence-corrected chi connectivity index (χ1v) is 12.7. The Morgan fingerprint density at radius 3 is 2.50 bits per heavy atom. The molecule has 2 aliphatic rings. The van der Waals surface area contributed by atoms with E-state index in [1.54, 1.807) is 28.6 Å². The highest BCUT2D eigenvalue weighted by molar-refractivity contribution is 6.38. The monoisotopic (exact) mass is 539 g/mol. The summed E-state index contributed by atoms with van der Waals surface area (Å²) in [5.74, 6) is -3.44. The van der Waals surface area contributed by atoms with Gasteiger partial charge in [-0.1, -0.05) is 30.1 Å². The van der Waals surface area contributed by atoms with Crippen molar-refractivity contribution in [3.8, 4) is 0 Å². The van der Waals surface area contributed by atoms with Gasteiger partial charge in [0.15, 0.2) is 0 Å². The first-order valence-electron chi connectivity index (χ1n) is 12.0. The maximum Gasteiger partial charge on any atom is 0.303 e. The lowest BCUT2D eigenvalue weighted by molar-refractivity contribution is -0.138. The normalized spacial score (nSPS) is 18.7. The summed E-state index contributed by atoms with van der Waals surface area (Å²) in [5.41, 5.74) is 2.35. The summed E-state index contributed by atoms with van der Waals surface area (Å²) in [5, 5.41) is 9.65. The van der Waals surface area contributed by atoms with Crippen LogP contribution in [0.5, 0.6) is 0 Å². The van der Waals surface area contributed by atoms with Crippen LogP contribution >= 0.6 is 23.2 Å². The van der Waals surface area contributed by atoms with Gasteiger partial charge in [-0.2, -0.15) is 0 Å². The van der Waals surface area contributed by atoms with Gasteiger partial charge in [-0.15, -0.1) is 0 Å². The Bertz CT molecular complexity index is 1230. The van der Waals surface area contributed by atoms with Crippen LogP contribution in [0.1, 0.15) is 78.6 Å². The number of amides is 1. The molecule has 1 aliphatic carbocycles. The van der Waals surface area contributed by atoms with Crippen molar-refractivity contribution in [2.45, 2.75) is 57.8 Å². The van der Waals surface area contributed by atoms with Crippen molar-refractivity contribution >= 4 is 41.2 Å². The van der Waals surface area contributed by atoms with E-state index in [4.69, 9.17) is 33.3 Å². The summed E-state index contributed by atoms with van der Waals surface area (Å²) in [7, 11) is 1.78. The van der Waals surface area contributed by atoms with Crippen molar-refractivity contribution in [1.82, 2.24) is 14.5 Å². The molecule has 0 saturated carbocycles. The van der Waals surface area contributed by atoms with Crippen molar-refractivity contribution in [2.75, 3.05) is 13.1 Å². The minimum Gasteiger partial charge on any atom is -0.481 e. The van der Waals surface area contributed by atoms with Crippen LogP contribution in [-0.2, 0) is 18.3 Å². The molecule has 1 aromatic carbocycles. The molecule has 6 nitrogen and oxygen atoms in total. The minimum absolute atomic E-state index is 0.0573. The molecule has 194 valence electrons. The maximum atomic E-state index is 14.0. The predicted molar refractivity (Wildman–Crippen MR) is 135 cm³/mol. The molecule has 10 heteroatoms. The van der Waals surface area contributed by atoms with Crippen molar-refractivity contribution < 1.29 is 23.5 Å². The van der Waals surface area contributed by atoms with Crippen LogP contribution < -0.4 is 0 Å². The van der Waals surface area contributed by atoms with Gasteiger partial charge in [-0.05, 0) is 49.0 Å². The highest BCUT2D eigenvalue weighted by atomic mass is 35.5. The summed E-state index contributed by atoms with van der Waals surface area (Å²) in [4.78, 5) is 30.7. The smallest absolute Gasteiger partial charge is 0.303 e. The van der Waals surface area contributed by atoms with Gasteiger partial charge in [-0.3, -0.25) is 9.59 Å². The number of aliphatic carboxylic acids is 1. The molecule has 2 heterocycles. The topological polar surface area (TPSA) is 75.4 Å². The minimum atomic E-state index is -2.90. The van der Waals surface area contributed by atoms with Gasteiger partial charge in [-0.25, -0.2) is 13.8 Å². The summed E-state index contributed by atoms with van der Waals surface area (Å²) in [6.45, 7) is 3.72. The van der Waals surface area contributed by atoms with Gasteiger partial charge in [0.2, 0.25) is 0 Å². The fraction of sp³-hybridized carbons (Fsp3) is 0.500. The molecule has 1 atom stereocenters. The third-order valence-electron chi connectivity index (χ3n) is 7.24. The Balaban J connectivity index is 1.59. The lowest BCUT2D eigenvalue weighted by Gasteiger charge is -2.31. The number of alkyl halides is 2. The Morgan fingerprint density at radius 2 is 1.89 bits per heavy atom. The van der Waals surface area contributed by atoms with Gasteiger partial charge in [0.05, 0.1) is 22.0 Å². The highest BCUT2D eigenvalue weighted by Gasteiger charge is 2.34. The molecule has 1 saturated heterocycles. The number of carbonyl (C=O) groups excluding carboxylic acids is 1. The number of likely N-dealkylation sites (tertiary alicyclic amines) is 1. The Morgan fingerprint density at radius 1 is 1.22 bits per heavy atom. The van der Waals surface area contributed by atoms with E-state index in [-0.39, 0.29) is 47.6 Å². The molecule has 1 fully saturated rings. The van der Waals surface area contributed by atoms with E-state index in [0.717, 1.165) is 12.6 Å². The fourth-order valence-corrected chi connectivity index (χ4v) is 5.66. The van der Waals surface area contributed by atoms with Crippen LogP contribution in [0.2, 0.25) is 10.0 Å². The van der Waals surface area contributed by atoms with E-state index in [2.05, 4.69) is 0 Å². The van der Waals surface area contributed by atoms with Gasteiger partial charge in [0, 0.05) is 56.4 Å². The molecule has 1 amide bonds. The van der Waals surface area contributed by atoms with Crippen LogP contribution in [0.3, 0.4) is 0 Å². The molecule has 1 N–H and O–H groups in total. The summed E-state index contributed by atoms with van der Waals surface area (Å²) >= 11 is 13.2. The molecule has 1 aromatic heterocycles. The molecule has 2 aromatic rings. The van der Waals surface area contributed by atoms with Crippen molar-refractivity contribution in [2.24, 2.45) is 13.0 Å². The number of rotatable bonds is 6. The Kier molecular flexibility index (Phi) is 7.49. The lowest BCUT2D eigenvalue weighted by Crippen LogP contribution is -2.39. The number of halogens is 4. The van der Waals surface area contributed by atoms with Gasteiger partial charge >= 0.3 is 5.97 Å². The number of carboxylic acid groups (broad SMARTS) is 1. The number of fused-ring (bicyclic) bond motifs is 1. The number of aromatic nitrogens is 2. The zero-order valence-corrected chi connectivity index (χ0v) is 22.0. The van der Waals surface area contributed by atoms with Crippen molar-refractivity contribution in [3.05, 3.63) is 56.1 Å². The Labute approximate surface area is 218 Å². The molecule has 1 aliphatic heterocycles. The summed E-state index contributed by atoms with van der Waals surface area (Å²) in [6, 6.07) is 3.23. The largest absolute Gasteiger partial charge is 0.481 e. The summed E-state index contributed by atoms with van der Waals surface area (Å²) in [6.07, 6.45) is 3.34. The number of hydrogen-bond acceptors (Lipinski definition) is 3. The zero-order chi connectivity index (χ0) is 26.4. The van der Waals surface area contributed by atoms with Crippen LogP contribution in [0, 0.1) is 5.92 Å². The first kappa shape index (κ1) is 26.6. The molecule has 0 radical (unpaired) electrons. The van der Waals surface area contributed by atoms with E-state index in [0.29, 0.717) is 53.6 Å². The number of piperidine rings is 1. The average Bonchev–Trinajstić information content (AvgIpc) is 3.12. The molecule has 36 heavy (non-hydrogen) atoms. The molecular formula is C26H29Cl2F2N3O3. The zero-order valence-electron chi connectivity index (χ0n) is 20.5. The van der Waals surface area contributed by atoms with Gasteiger partial charge < -0.3 is 14.6 Å². The lowest BCUT2D eigenvalue weighted by atomic mass is 9.88. The number of allylic oxidation sites excluding steroid dienone is 1. The first-order chi connectivity index (χ1) is 16.9. The Hall–Kier alpha value is -2.45. The third-order valence-corrected chi connectivity index (χ3v) is 8.03. The molecule has 0 bridgehead atoms. The van der Waals surface area contributed by atoms with E-state index >= 15 is 0 Å². The number of hydrogen-bond donors (Lipinski definition) is 1. The summed E-state index contributed by atoms with van der Waals surface area (Å²) < 4.78 is 29.8. The SMILES string of the molecule is CC1CC(C(C)(F)F)=Cc2c1nc(Cc1c(Cl)ccc(C(=O)N3CCC(CC(=O)O)CC3)c1Cl)n2C. The second kappa shape index (κ2) is 10.1. The van der Waals surface area contributed by atoms with Crippen molar-refractivity contribution in [3.63, 3.8) is 0 Å². The number of carbonyl (C=O) groups is 2. The maximum absolute atomic E-state index is 14.0. The van der Waals surface area contributed by atoms with Crippen LogP contribution in [0.4, 0.5) is 8.78 Å². The third kappa shape index (κ3) is 5.30. The van der Waals surface area contributed by atoms with E-state index in [9.17, 15) is 18.4 Å². The van der Waals surface area contributed by atoms with Crippen molar-refractivity contribution in [1.29, 1.82) is 0 Å². The molecular weight excluding hydrogens is 511 g/mol. The number of carboxylic acids is 1. The van der Waals surface area contributed by atoms with Crippen LogP contribution in [-0.4, -0.2) is 50.4 Å². The molecule has 4 rings (SSSR count). The standard InChI is InChI=1S/C26H29Cl2F2N3O3/c1-14-10-16(26(2,29)30)12-20-24(14)31-21(32(20)3)13-18-19(27)5-4-17(23(18)28)25(36)33-8-6-15(7-9-33)11-22(34)35/h4-5,12,14-15H,6-11,13H2,1-3H3,(H,34,35). The van der Waals surface area contributed by atoms with Crippen LogP contribution in [0.15, 0.2) is 17.7 Å². The molecule has 1 unspecified atom stereocenters. The predicted octanol–water partition coefficient (Wildman–Crippen LogP) is 6.19. The average molecular weight is 540 g/mol. The van der Waals surface area contributed by atoms with Gasteiger partial charge in [0.1, 0.15) is 5.82 Å². The number of nitrogens with zero attached hydrogens (tertiary/aromatic N) is 3. The quantitative estimate of drug-likeness (QED) is 0.474. The van der Waals surface area contributed by atoms with E-state index < -0.39 is 11.9 Å². The fourth-order valence-electron chi connectivity index (χ4n) is 5.07. The second-order valence-corrected chi connectivity index (χ2v) is 10.7. The van der Waals surface area contributed by atoms with E-state index in [1.807, 2.05) is 6.92 Å². The molecule has 0 spiro atoms. The van der Waals surface area contributed by atoms with E-state index in [1.165, 1.54) is 6.08 Å². The van der Waals surface area contributed by atoms with Gasteiger partial charge in [0.25, 0.3) is 11.8 Å². The number of benzene rings is 1. The second-order valence-electron chi connectivity index (χ2n) is 9.92. The highest BCUT2D eigenvalue weighted by Crippen LogP contribution is 2.40.